The summed E-state index contributed by atoms with van der Waals surface area (Å²) in [6.07, 6.45) is 6.97. The van der Waals surface area contributed by atoms with Crippen LogP contribution in [0, 0.1) is 0 Å². The van der Waals surface area contributed by atoms with Crippen LogP contribution in [0.25, 0.3) is 16.8 Å². The van der Waals surface area contributed by atoms with E-state index in [2.05, 4.69) is 26.1 Å². The zero-order valence-corrected chi connectivity index (χ0v) is 10.8. The molecular weight excluding hydrogens is 296 g/mol. The van der Waals surface area contributed by atoms with Crippen molar-refractivity contribution in [1.29, 1.82) is 0 Å². The van der Waals surface area contributed by atoms with E-state index in [-0.39, 0.29) is 0 Å². The lowest BCUT2D eigenvalue weighted by Crippen LogP contribution is -1.92. The minimum atomic E-state index is 0.317. The van der Waals surface area contributed by atoms with Crippen LogP contribution in [-0.2, 0) is 0 Å². The Balaban J connectivity index is 2.07. The van der Waals surface area contributed by atoms with E-state index >= 15 is 0 Å². The summed E-state index contributed by atoms with van der Waals surface area (Å²) in [6, 6.07) is 5.91. The minimum absolute atomic E-state index is 0.317. The largest absolute Gasteiger partial charge is 0.367 e. The fourth-order valence-corrected chi connectivity index (χ4v) is 2.33. The zero-order chi connectivity index (χ0) is 12.5. The molecule has 0 aliphatic heterocycles. The highest BCUT2D eigenvalue weighted by Gasteiger charge is 2.09. The molecule has 0 amide bonds. The van der Waals surface area contributed by atoms with E-state index in [9.17, 15) is 0 Å². The molecule has 0 spiro atoms. The summed E-state index contributed by atoms with van der Waals surface area (Å²) in [5.41, 5.74) is 8.44. The molecule has 18 heavy (non-hydrogen) atoms. The predicted molar refractivity (Wildman–Crippen MR) is 71.2 cm³/mol. The highest BCUT2D eigenvalue weighted by Crippen LogP contribution is 2.30. The van der Waals surface area contributed by atoms with Crippen LogP contribution >= 0.6 is 15.9 Å². The first kappa shape index (κ1) is 11.0. The van der Waals surface area contributed by atoms with Crippen molar-refractivity contribution in [3.8, 4) is 16.8 Å². The molecule has 2 N–H and O–H groups in total. The molecule has 2 heterocycles. The summed E-state index contributed by atoms with van der Waals surface area (Å²) in [4.78, 5) is 4.02. The summed E-state index contributed by atoms with van der Waals surface area (Å²) >= 11 is 3.54. The Morgan fingerprint density at radius 1 is 1.33 bits per heavy atom. The van der Waals surface area contributed by atoms with E-state index in [4.69, 9.17) is 10.3 Å². The summed E-state index contributed by atoms with van der Waals surface area (Å²) in [5.74, 6) is 0.317. The number of aromatic nitrogens is 3. The van der Waals surface area contributed by atoms with Gasteiger partial charge in [-0.1, -0.05) is 11.2 Å². The molecule has 1 aromatic carbocycles. The second-order valence-corrected chi connectivity index (χ2v) is 4.59. The average molecular weight is 305 g/mol. The van der Waals surface area contributed by atoms with Crippen molar-refractivity contribution in [2.24, 2.45) is 0 Å². The quantitative estimate of drug-likeness (QED) is 0.790. The number of nitrogen functional groups attached to an aromatic ring is 1. The zero-order valence-electron chi connectivity index (χ0n) is 9.25. The van der Waals surface area contributed by atoms with Gasteiger partial charge in [-0.2, -0.15) is 0 Å². The van der Waals surface area contributed by atoms with Crippen molar-refractivity contribution in [3.63, 3.8) is 0 Å². The number of imidazole rings is 1. The van der Waals surface area contributed by atoms with Crippen LogP contribution in [0.4, 0.5) is 5.88 Å². The van der Waals surface area contributed by atoms with Crippen LogP contribution in [0.2, 0.25) is 0 Å². The number of hydrogen-bond acceptors (Lipinski definition) is 4. The maximum atomic E-state index is 5.70. The molecule has 3 aromatic rings. The SMILES string of the molecule is Nc1oncc1-c1ccc(-n2ccnc2)c(Br)c1. The Morgan fingerprint density at radius 3 is 2.83 bits per heavy atom. The van der Waals surface area contributed by atoms with E-state index in [1.807, 2.05) is 29.0 Å². The Bertz CT molecular complexity index is 675. The average Bonchev–Trinajstić information content (AvgIpc) is 2.99. The highest BCUT2D eigenvalue weighted by molar-refractivity contribution is 9.10. The number of hydrogen-bond donors (Lipinski definition) is 1. The van der Waals surface area contributed by atoms with Crippen molar-refractivity contribution < 1.29 is 4.52 Å². The van der Waals surface area contributed by atoms with Gasteiger partial charge in [0.05, 0.1) is 23.8 Å². The molecule has 5 nitrogen and oxygen atoms in total. The molecule has 0 saturated carbocycles. The molecule has 3 rings (SSSR count). The second-order valence-electron chi connectivity index (χ2n) is 3.74. The Morgan fingerprint density at radius 2 is 2.22 bits per heavy atom. The van der Waals surface area contributed by atoms with Crippen LogP contribution in [0.15, 0.2) is 52.1 Å². The molecule has 0 saturated heterocycles. The van der Waals surface area contributed by atoms with E-state index < -0.39 is 0 Å². The number of rotatable bonds is 2. The molecule has 2 aromatic heterocycles. The van der Waals surface area contributed by atoms with Crippen molar-refractivity contribution in [1.82, 2.24) is 14.7 Å². The lowest BCUT2D eigenvalue weighted by Gasteiger charge is -2.07. The molecule has 0 radical (unpaired) electrons. The number of anilines is 1. The molecule has 0 aliphatic carbocycles. The molecule has 90 valence electrons. The lowest BCUT2D eigenvalue weighted by molar-refractivity contribution is 0.436. The standard InChI is InChI=1S/C12H9BrN4O/c13-10-5-8(9-6-16-18-12(9)14)1-2-11(10)17-4-3-15-7-17/h1-7H,14H2. The van der Waals surface area contributed by atoms with Gasteiger partial charge in [0, 0.05) is 16.9 Å². The van der Waals surface area contributed by atoms with Gasteiger partial charge in [-0.25, -0.2) is 4.98 Å². The van der Waals surface area contributed by atoms with Crippen molar-refractivity contribution in [2.45, 2.75) is 0 Å². The van der Waals surface area contributed by atoms with Gasteiger partial charge in [-0.3, -0.25) is 0 Å². The maximum absolute atomic E-state index is 5.70. The lowest BCUT2D eigenvalue weighted by atomic mass is 10.1. The minimum Gasteiger partial charge on any atom is -0.367 e. The van der Waals surface area contributed by atoms with Gasteiger partial charge in [0.1, 0.15) is 0 Å². The van der Waals surface area contributed by atoms with Crippen LogP contribution in [0.5, 0.6) is 0 Å². The molecule has 0 aliphatic rings. The normalized spacial score (nSPS) is 10.7. The van der Waals surface area contributed by atoms with Gasteiger partial charge < -0.3 is 14.8 Å². The fraction of sp³-hybridized carbons (Fsp3) is 0. The van der Waals surface area contributed by atoms with Crippen molar-refractivity contribution in [2.75, 3.05) is 5.73 Å². The van der Waals surface area contributed by atoms with E-state index in [1.165, 1.54) is 0 Å². The third kappa shape index (κ3) is 1.80. The fourth-order valence-electron chi connectivity index (χ4n) is 1.75. The Labute approximate surface area is 111 Å². The third-order valence-corrected chi connectivity index (χ3v) is 3.27. The van der Waals surface area contributed by atoms with E-state index in [0.717, 1.165) is 21.3 Å². The number of benzene rings is 1. The number of nitrogens with zero attached hydrogens (tertiary/aromatic N) is 3. The maximum Gasteiger partial charge on any atom is 0.229 e. The van der Waals surface area contributed by atoms with Gasteiger partial charge in [0.15, 0.2) is 0 Å². The molecule has 0 fully saturated rings. The third-order valence-electron chi connectivity index (χ3n) is 2.64. The van der Waals surface area contributed by atoms with Gasteiger partial charge in [-0.15, -0.1) is 0 Å². The second kappa shape index (κ2) is 4.30. The monoisotopic (exact) mass is 304 g/mol. The van der Waals surface area contributed by atoms with Gasteiger partial charge >= 0.3 is 0 Å². The van der Waals surface area contributed by atoms with Gasteiger partial charge in [0.2, 0.25) is 5.88 Å². The smallest absolute Gasteiger partial charge is 0.229 e. The first-order valence-electron chi connectivity index (χ1n) is 5.24. The Hall–Kier alpha value is -2.08. The van der Waals surface area contributed by atoms with Crippen LogP contribution in [0.3, 0.4) is 0 Å². The molecular formula is C12H9BrN4O. The van der Waals surface area contributed by atoms with E-state index in [1.54, 1.807) is 18.7 Å². The number of nitrogens with two attached hydrogens (primary N) is 1. The summed E-state index contributed by atoms with van der Waals surface area (Å²) < 4.78 is 7.72. The van der Waals surface area contributed by atoms with E-state index in [0.29, 0.717) is 5.88 Å². The first-order chi connectivity index (χ1) is 8.75. The van der Waals surface area contributed by atoms with Crippen LogP contribution < -0.4 is 5.73 Å². The van der Waals surface area contributed by atoms with Gasteiger partial charge in [0.25, 0.3) is 0 Å². The topological polar surface area (TPSA) is 69.9 Å². The van der Waals surface area contributed by atoms with Crippen LogP contribution in [-0.4, -0.2) is 14.7 Å². The Kier molecular flexibility index (Phi) is 2.64. The summed E-state index contributed by atoms with van der Waals surface area (Å²) in [6.45, 7) is 0. The predicted octanol–water partition coefficient (Wildman–Crippen LogP) is 2.87. The van der Waals surface area contributed by atoms with Crippen LogP contribution in [0.1, 0.15) is 0 Å². The molecule has 6 heteroatoms. The summed E-state index contributed by atoms with van der Waals surface area (Å²) in [7, 11) is 0. The van der Waals surface area contributed by atoms with Crippen molar-refractivity contribution >= 4 is 21.8 Å². The molecule has 0 unspecified atom stereocenters. The summed E-state index contributed by atoms with van der Waals surface area (Å²) in [5, 5.41) is 3.67. The van der Waals surface area contributed by atoms with Gasteiger partial charge in [-0.05, 0) is 33.6 Å². The first-order valence-corrected chi connectivity index (χ1v) is 6.03. The molecule has 0 bridgehead atoms. The number of halogens is 1. The highest BCUT2D eigenvalue weighted by atomic mass is 79.9. The van der Waals surface area contributed by atoms with Crippen molar-refractivity contribution in [3.05, 3.63) is 47.6 Å². The molecule has 0 atom stereocenters.